The van der Waals surface area contributed by atoms with E-state index in [2.05, 4.69) is 5.32 Å². The molecule has 2 amide bonds. The van der Waals surface area contributed by atoms with Gasteiger partial charge < -0.3 is 31.1 Å². The number of rotatable bonds is 5. The molecule has 8 nitrogen and oxygen atoms in total. The van der Waals surface area contributed by atoms with E-state index in [0.717, 1.165) is 0 Å². The zero-order valence-corrected chi connectivity index (χ0v) is 13.2. The first-order chi connectivity index (χ1) is 10.5. The predicted molar refractivity (Wildman–Crippen MR) is 81.8 cm³/mol. The van der Waals surface area contributed by atoms with Crippen molar-refractivity contribution in [2.75, 3.05) is 6.54 Å². The SMILES string of the molecule is CC(C)(C)OC(=O)NCC(O)C(O)c1ccc(O)c(C(N)=O)c1. The third-order valence-corrected chi connectivity index (χ3v) is 2.85. The number of nitrogens with two attached hydrogens (primary N) is 1. The third kappa shape index (κ3) is 5.76. The smallest absolute Gasteiger partial charge is 0.407 e. The summed E-state index contributed by atoms with van der Waals surface area (Å²) in [6.45, 7) is 4.82. The van der Waals surface area contributed by atoms with E-state index >= 15 is 0 Å². The maximum Gasteiger partial charge on any atom is 0.407 e. The van der Waals surface area contributed by atoms with Crippen LogP contribution in [0.4, 0.5) is 4.79 Å². The van der Waals surface area contributed by atoms with Gasteiger partial charge in [-0.25, -0.2) is 4.79 Å². The second-order valence-electron chi connectivity index (χ2n) is 6.04. The summed E-state index contributed by atoms with van der Waals surface area (Å²) < 4.78 is 5.00. The van der Waals surface area contributed by atoms with Crippen molar-refractivity contribution in [3.63, 3.8) is 0 Å². The standard InChI is InChI=1S/C15H22N2O6/c1-15(2,3)23-14(22)17-7-11(19)12(20)8-4-5-10(18)9(6-8)13(16)21/h4-6,11-12,18-20H,7H2,1-3H3,(H2,16,21)(H,17,22). The van der Waals surface area contributed by atoms with Gasteiger partial charge in [-0.2, -0.15) is 0 Å². The number of aliphatic hydroxyl groups excluding tert-OH is 2. The summed E-state index contributed by atoms with van der Waals surface area (Å²) in [4.78, 5) is 22.6. The molecule has 128 valence electrons. The van der Waals surface area contributed by atoms with Crippen LogP contribution in [0.2, 0.25) is 0 Å². The van der Waals surface area contributed by atoms with Crippen molar-refractivity contribution in [2.45, 2.75) is 38.6 Å². The highest BCUT2D eigenvalue weighted by atomic mass is 16.6. The first-order valence-corrected chi connectivity index (χ1v) is 6.97. The van der Waals surface area contributed by atoms with Crippen LogP contribution in [0.15, 0.2) is 18.2 Å². The molecule has 1 aromatic carbocycles. The quantitative estimate of drug-likeness (QED) is 0.530. The van der Waals surface area contributed by atoms with Crippen LogP contribution in [0.1, 0.15) is 42.8 Å². The molecule has 8 heteroatoms. The molecule has 1 aromatic rings. The Morgan fingerprint density at radius 2 is 1.91 bits per heavy atom. The number of primary amides is 1. The average molecular weight is 326 g/mol. The highest BCUT2D eigenvalue weighted by Gasteiger charge is 2.22. The van der Waals surface area contributed by atoms with E-state index < -0.39 is 29.8 Å². The van der Waals surface area contributed by atoms with Crippen LogP contribution in [0.25, 0.3) is 0 Å². The number of benzene rings is 1. The van der Waals surface area contributed by atoms with Crippen LogP contribution in [-0.2, 0) is 4.74 Å². The molecule has 0 aliphatic rings. The summed E-state index contributed by atoms with van der Waals surface area (Å²) in [7, 11) is 0. The van der Waals surface area contributed by atoms with E-state index in [9.17, 15) is 24.9 Å². The number of hydrogen-bond acceptors (Lipinski definition) is 6. The third-order valence-electron chi connectivity index (χ3n) is 2.85. The van der Waals surface area contributed by atoms with Gasteiger partial charge in [-0.3, -0.25) is 4.79 Å². The van der Waals surface area contributed by atoms with Crippen LogP contribution in [0.3, 0.4) is 0 Å². The Balaban J connectivity index is 2.70. The molecule has 0 saturated carbocycles. The van der Waals surface area contributed by atoms with E-state index in [1.54, 1.807) is 20.8 Å². The van der Waals surface area contributed by atoms with Crippen molar-refractivity contribution in [3.8, 4) is 5.75 Å². The van der Waals surface area contributed by atoms with Crippen molar-refractivity contribution >= 4 is 12.0 Å². The monoisotopic (exact) mass is 326 g/mol. The maximum absolute atomic E-state index is 11.5. The van der Waals surface area contributed by atoms with Crippen molar-refractivity contribution in [3.05, 3.63) is 29.3 Å². The van der Waals surface area contributed by atoms with Gasteiger partial charge in [0.05, 0.1) is 5.56 Å². The van der Waals surface area contributed by atoms with Crippen LogP contribution >= 0.6 is 0 Å². The molecular formula is C15H22N2O6. The summed E-state index contributed by atoms with van der Waals surface area (Å²) in [5.74, 6) is -1.19. The van der Waals surface area contributed by atoms with E-state index in [-0.39, 0.29) is 23.4 Å². The first kappa shape index (κ1) is 18.7. The van der Waals surface area contributed by atoms with Crippen molar-refractivity contribution < 1.29 is 29.6 Å². The largest absolute Gasteiger partial charge is 0.507 e. The molecule has 0 spiro atoms. The molecule has 0 radical (unpaired) electrons. The Morgan fingerprint density at radius 3 is 2.43 bits per heavy atom. The summed E-state index contributed by atoms with van der Waals surface area (Å²) >= 11 is 0. The summed E-state index contributed by atoms with van der Waals surface area (Å²) in [6, 6.07) is 3.70. The minimum absolute atomic E-state index is 0.172. The molecule has 6 N–H and O–H groups in total. The number of carbonyl (C=O) groups is 2. The van der Waals surface area contributed by atoms with Gasteiger partial charge in [-0.15, -0.1) is 0 Å². The van der Waals surface area contributed by atoms with Gasteiger partial charge in [-0.1, -0.05) is 6.07 Å². The molecule has 0 aliphatic heterocycles. The first-order valence-electron chi connectivity index (χ1n) is 6.97. The summed E-state index contributed by atoms with van der Waals surface area (Å²) in [5.41, 5.74) is 4.42. The molecule has 23 heavy (non-hydrogen) atoms. The second kappa shape index (κ2) is 7.30. The zero-order valence-electron chi connectivity index (χ0n) is 13.2. The van der Waals surface area contributed by atoms with Crippen molar-refractivity contribution in [2.24, 2.45) is 5.73 Å². The molecule has 0 aliphatic carbocycles. The predicted octanol–water partition coefficient (Wildman–Crippen LogP) is 0.410. The van der Waals surface area contributed by atoms with Gasteiger partial charge in [0.2, 0.25) is 0 Å². The van der Waals surface area contributed by atoms with Crippen LogP contribution in [0, 0.1) is 0 Å². The number of hydrogen-bond donors (Lipinski definition) is 5. The van der Waals surface area contributed by atoms with Gasteiger partial charge in [0.1, 0.15) is 23.6 Å². The normalized spacial score (nSPS) is 14.0. The number of amides is 2. The molecule has 1 rings (SSSR count). The molecule has 0 saturated heterocycles. The molecule has 2 unspecified atom stereocenters. The number of carbonyl (C=O) groups excluding carboxylic acids is 2. The van der Waals surface area contributed by atoms with Crippen LogP contribution < -0.4 is 11.1 Å². The van der Waals surface area contributed by atoms with Gasteiger partial charge in [0.15, 0.2) is 0 Å². The Labute approximate surface area is 133 Å². The number of ether oxygens (including phenoxy) is 1. The van der Waals surface area contributed by atoms with Crippen molar-refractivity contribution in [1.82, 2.24) is 5.32 Å². The fourth-order valence-electron chi connectivity index (χ4n) is 1.77. The Bertz CT molecular complexity index is 582. The fourth-order valence-corrected chi connectivity index (χ4v) is 1.77. The highest BCUT2D eigenvalue weighted by Crippen LogP contribution is 2.24. The molecular weight excluding hydrogens is 304 g/mol. The summed E-state index contributed by atoms with van der Waals surface area (Å²) in [6.07, 6.45) is -3.45. The summed E-state index contributed by atoms with van der Waals surface area (Å²) in [5, 5.41) is 31.8. The number of phenols is 1. The van der Waals surface area contributed by atoms with E-state index in [0.29, 0.717) is 0 Å². The van der Waals surface area contributed by atoms with Crippen LogP contribution in [0.5, 0.6) is 5.75 Å². The average Bonchev–Trinajstić information content (AvgIpc) is 2.42. The van der Waals surface area contributed by atoms with Gasteiger partial charge in [-0.05, 0) is 38.5 Å². The van der Waals surface area contributed by atoms with Crippen molar-refractivity contribution in [1.29, 1.82) is 0 Å². The van der Waals surface area contributed by atoms with Gasteiger partial charge >= 0.3 is 6.09 Å². The second-order valence-corrected chi connectivity index (χ2v) is 6.04. The lowest BCUT2D eigenvalue weighted by atomic mass is 10.0. The highest BCUT2D eigenvalue weighted by molar-refractivity contribution is 5.95. The topological polar surface area (TPSA) is 142 Å². The lowest BCUT2D eigenvalue weighted by Gasteiger charge is -2.22. The van der Waals surface area contributed by atoms with E-state index in [1.807, 2.05) is 0 Å². The lowest BCUT2D eigenvalue weighted by molar-refractivity contribution is 0.0129. The molecule has 0 fully saturated rings. The minimum Gasteiger partial charge on any atom is -0.507 e. The van der Waals surface area contributed by atoms with Crippen LogP contribution in [-0.4, -0.2) is 45.6 Å². The minimum atomic E-state index is -1.39. The number of aromatic hydroxyl groups is 1. The Morgan fingerprint density at radius 1 is 1.30 bits per heavy atom. The number of alkyl carbamates (subject to hydrolysis) is 1. The Hall–Kier alpha value is -2.32. The van der Waals surface area contributed by atoms with E-state index in [1.165, 1.54) is 18.2 Å². The molecule has 0 heterocycles. The van der Waals surface area contributed by atoms with Gasteiger partial charge in [0.25, 0.3) is 5.91 Å². The zero-order chi connectivity index (χ0) is 17.8. The number of nitrogens with one attached hydrogen (secondary N) is 1. The molecule has 2 atom stereocenters. The fraction of sp³-hybridized carbons (Fsp3) is 0.467. The molecule has 0 bridgehead atoms. The number of aliphatic hydroxyl groups is 2. The lowest BCUT2D eigenvalue weighted by Crippen LogP contribution is -2.38. The van der Waals surface area contributed by atoms with E-state index in [4.69, 9.17) is 10.5 Å². The van der Waals surface area contributed by atoms with Gasteiger partial charge in [0, 0.05) is 6.54 Å². The molecule has 0 aromatic heterocycles. The maximum atomic E-state index is 11.5. The Kier molecular flexibility index (Phi) is 5.94.